The average Bonchev–Trinajstić information content (AvgIpc) is 2.33. The van der Waals surface area contributed by atoms with Gasteiger partial charge in [-0.1, -0.05) is 6.07 Å². The van der Waals surface area contributed by atoms with Gasteiger partial charge in [0.05, 0.1) is 0 Å². The Kier molecular flexibility index (Phi) is 33.0. The maximum absolute atomic E-state index is 11.9. The van der Waals surface area contributed by atoms with Gasteiger partial charge in [0.15, 0.2) is 0 Å². The van der Waals surface area contributed by atoms with Crippen molar-refractivity contribution in [3.05, 3.63) is 35.4 Å². The molecule has 0 spiro atoms. The van der Waals surface area contributed by atoms with Crippen LogP contribution in [0.15, 0.2) is 6.07 Å². The Morgan fingerprint density at radius 1 is 0.519 bits per heavy atom. The van der Waals surface area contributed by atoms with E-state index in [1.54, 1.807) is 0 Å². The topological polar surface area (TPSA) is 243 Å². The van der Waals surface area contributed by atoms with Crippen LogP contribution in [-0.2, 0) is 0 Å². The number of hydrogen-bond acceptors (Lipinski definition) is 12. The summed E-state index contributed by atoms with van der Waals surface area (Å²) < 4.78 is 47.7. The number of benzene rings is 1. The molecule has 0 atom stereocenters. The van der Waals surface area contributed by atoms with E-state index in [1.807, 2.05) is 0 Å². The standard InChI is InChI=1S/C6HF4.4BH3O3.Na/c7-3-1-4(8)6(10)2-5(3)9;4*2-1(3)4;/h1H;4*2-4H;/q-1;;;;;+1. The molecule has 0 radical (unpaired) electrons. The molecule has 21 heteroatoms. The van der Waals surface area contributed by atoms with Crippen LogP contribution in [0.4, 0.5) is 17.6 Å². The third-order valence-electron chi connectivity index (χ3n) is 0.892. The van der Waals surface area contributed by atoms with Gasteiger partial charge in [0, 0.05) is 23.3 Å². The molecular weight excluding hydrogens is 406 g/mol. The number of hydrogen-bond donors (Lipinski definition) is 12. The molecule has 12 nitrogen and oxygen atoms in total. The first kappa shape index (κ1) is 37.5. The summed E-state index contributed by atoms with van der Waals surface area (Å²) in [7, 11) is -8.67. The normalized spacial score (nSPS) is 7.70. The molecule has 0 aliphatic carbocycles. The molecule has 12 N–H and O–H groups in total. The molecule has 0 aliphatic heterocycles. The van der Waals surface area contributed by atoms with Crippen LogP contribution in [0.3, 0.4) is 0 Å². The minimum atomic E-state index is -2.17. The van der Waals surface area contributed by atoms with Gasteiger partial charge in [-0.2, -0.15) is 0 Å². The molecule has 27 heavy (non-hydrogen) atoms. The second-order valence-electron chi connectivity index (χ2n) is 2.98. The van der Waals surface area contributed by atoms with Crippen LogP contribution in [0, 0.1) is 29.3 Å². The monoisotopic (exact) mass is 420 g/mol. The molecule has 0 aliphatic rings. The van der Waals surface area contributed by atoms with Gasteiger partial charge >= 0.3 is 58.8 Å². The van der Waals surface area contributed by atoms with E-state index in [0.717, 1.165) is 0 Å². The molecule has 0 amide bonds. The summed E-state index contributed by atoms with van der Waals surface area (Å²) in [6, 6.07) is 1.35. The third-order valence-corrected chi connectivity index (χ3v) is 0.892. The second kappa shape index (κ2) is 23.8. The zero-order chi connectivity index (χ0) is 22.0. The van der Waals surface area contributed by atoms with E-state index in [2.05, 4.69) is 0 Å². The fourth-order valence-corrected chi connectivity index (χ4v) is 0.454. The van der Waals surface area contributed by atoms with Crippen molar-refractivity contribution in [2.24, 2.45) is 0 Å². The second-order valence-corrected chi connectivity index (χ2v) is 2.98. The molecule has 0 heterocycles. The Bertz CT molecular complexity index is 363. The Morgan fingerprint density at radius 3 is 0.778 bits per heavy atom. The first-order chi connectivity index (χ1) is 11.5. The first-order valence-corrected chi connectivity index (χ1v) is 5.43. The van der Waals surface area contributed by atoms with Gasteiger partial charge in [0.1, 0.15) is 0 Å². The summed E-state index contributed by atoms with van der Waals surface area (Å²) in [5, 5.41) is 86.0. The molecule has 1 aromatic carbocycles. The van der Waals surface area contributed by atoms with E-state index in [9.17, 15) is 17.6 Å². The summed E-state index contributed by atoms with van der Waals surface area (Å²) >= 11 is 0. The van der Waals surface area contributed by atoms with Crippen LogP contribution in [0.25, 0.3) is 0 Å². The van der Waals surface area contributed by atoms with Crippen molar-refractivity contribution in [1.82, 2.24) is 0 Å². The Balaban J connectivity index is -0.0000000814. The Labute approximate surface area is 172 Å². The number of halogens is 4. The summed E-state index contributed by atoms with van der Waals surface area (Å²) in [5.74, 6) is -5.92. The largest absolute Gasteiger partial charge is 1.00 e. The summed E-state index contributed by atoms with van der Waals surface area (Å²) in [6.45, 7) is 0. The molecule has 0 bridgehead atoms. The van der Waals surface area contributed by atoms with Crippen molar-refractivity contribution < 1.29 is 107 Å². The van der Waals surface area contributed by atoms with Gasteiger partial charge < -0.3 is 60.3 Å². The quantitative estimate of drug-likeness (QED) is 0.0811. The summed E-state index contributed by atoms with van der Waals surface area (Å²) in [6.07, 6.45) is 0. The van der Waals surface area contributed by atoms with Crippen LogP contribution >= 0.6 is 0 Å². The molecular formula is C6H13B4F4NaO12. The predicted molar refractivity (Wildman–Crippen MR) is 74.8 cm³/mol. The van der Waals surface area contributed by atoms with Crippen molar-refractivity contribution in [1.29, 1.82) is 0 Å². The van der Waals surface area contributed by atoms with Crippen LogP contribution in [0.1, 0.15) is 0 Å². The van der Waals surface area contributed by atoms with Gasteiger partial charge in [-0.25, -0.2) is 8.78 Å². The van der Waals surface area contributed by atoms with E-state index in [1.165, 1.54) is 6.07 Å². The first-order valence-electron chi connectivity index (χ1n) is 5.43. The predicted octanol–water partition coefficient (Wildman–Crippen LogP) is -9.16. The van der Waals surface area contributed by atoms with Crippen molar-refractivity contribution >= 4 is 29.3 Å². The van der Waals surface area contributed by atoms with Gasteiger partial charge in [-0.15, -0.1) is 6.07 Å². The molecule has 1 aromatic rings. The van der Waals surface area contributed by atoms with Crippen molar-refractivity contribution in [3.8, 4) is 0 Å². The average molecular weight is 419 g/mol. The minimum Gasteiger partial charge on any atom is -0.402 e. The molecule has 1 rings (SSSR count). The number of rotatable bonds is 0. The van der Waals surface area contributed by atoms with Gasteiger partial charge in [0.25, 0.3) is 0 Å². The van der Waals surface area contributed by atoms with Crippen LogP contribution in [0.5, 0.6) is 0 Å². The zero-order valence-corrected chi connectivity index (χ0v) is 15.3. The summed E-state index contributed by atoms with van der Waals surface area (Å²) in [4.78, 5) is 0. The van der Waals surface area contributed by atoms with Crippen LogP contribution < -0.4 is 29.6 Å². The molecule has 0 unspecified atom stereocenters. The summed E-state index contributed by atoms with van der Waals surface area (Å²) in [5.41, 5.74) is 0. The van der Waals surface area contributed by atoms with Gasteiger partial charge in [-0.05, 0) is 0 Å². The molecule has 150 valence electrons. The fraction of sp³-hybridized carbons (Fsp3) is 0. The molecule has 0 aromatic heterocycles. The molecule has 0 saturated heterocycles. The Hall–Kier alpha value is -0.280. The van der Waals surface area contributed by atoms with E-state index in [-0.39, 0.29) is 35.6 Å². The fourth-order valence-electron chi connectivity index (χ4n) is 0.454. The smallest absolute Gasteiger partial charge is 0.402 e. The van der Waals surface area contributed by atoms with Crippen LogP contribution in [-0.4, -0.2) is 89.6 Å². The van der Waals surface area contributed by atoms with Crippen molar-refractivity contribution in [2.75, 3.05) is 0 Å². The van der Waals surface area contributed by atoms with E-state index >= 15 is 0 Å². The van der Waals surface area contributed by atoms with Crippen molar-refractivity contribution in [2.45, 2.75) is 0 Å². The van der Waals surface area contributed by atoms with E-state index < -0.39 is 52.6 Å². The minimum absolute atomic E-state index is 0. The van der Waals surface area contributed by atoms with Gasteiger partial charge in [-0.3, -0.25) is 8.78 Å². The Morgan fingerprint density at radius 2 is 0.667 bits per heavy atom. The maximum Gasteiger partial charge on any atom is 1.00 e. The SMILES string of the molecule is Fc1[c-]c(F)c(F)cc1F.OB(O)O.OB(O)O.OB(O)O.OB(O)O.[Na+]. The molecule has 0 saturated carbocycles. The van der Waals surface area contributed by atoms with Crippen LogP contribution in [0.2, 0.25) is 0 Å². The zero-order valence-electron chi connectivity index (χ0n) is 13.3. The third kappa shape index (κ3) is 58.6. The van der Waals surface area contributed by atoms with Crippen molar-refractivity contribution in [3.63, 3.8) is 0 Å². The van der Waals surface area contributed by atoms with Gasteiger partial charge in [0.2, 0.25) is 0 Å². The molecule has 0 fully saturated rings. The van der Waals surface area contributed by atoms with E-state index in [0.29, 0.717) is 0 Å². The maximum atomic E-state index is 11.9. The van der Waals surface area contributed by atoms with E-state index in [4.69, 9.17) is 60.3 Å².